The van der Waals surface area contributed by atoms with E-state index in [1.807, 2.05) is 11.5 Å². The minimum absolute atomic E-state index is 0.115. The van der Waals surface area contributed by atoms with Crippen LogP contribution in [0, 0.1) is 11.3 Å². The Morgan fingerprint density at radius 2 is 2.33 bits per heavy atom. The van der Waals surface area contributed by atoms with E-state index in [1.165, 1.54) is 11.8 Å². The number of nitrogens with two attached hydrogens (primary N) is 1. The van der Waals surface area contributed by atoms with Crippen molar-refractivity contribution < 1.29 is 0 Å². The fourth-order valence-corrected chi connectivity index (χ4v) is 1.97. The zero-order valence-corrected chi connectivity index (χ0v) is 9.79. The summed E-state index contributed by atoms with van der Waals surface area (Å²) in [5.74, 6) is 0.782. The molecule has 0 bridgehead atoms. The number of aromatic nitrogens is 3. The van der Waals surface area contributed by atoms with E-state index in [0.717, 1.165) is 23.9 Å². The largest absolute Gasteiger partial charge is 0.324 e. The maximum absolute atomic E-state index is 8.73. The first-order valence-electron chi connectivity index (χ1n) is 4.91. The molecule has 0 aliphatic rings. The Morgan fingerprint density at radius 3 is 2.87 bits per heavy atom. The van der Waals surface area contributed by atoms with Crippen LogP contribution in [0.2, 0.25) is 0 Å². The maximum Gasteiger partial charge on any atom is 0.192 e. The van der Waals surface area contributed by atoms with E-state index in [1.54, 1.807) is 0 Å². The Labute approximate surface area is 93.7 Å². The molecular weight excluding hydrogens is 210 g/mol. The van der Waals surface area contributed by atoms with E-state index in [2.05, 4.69) is 23.2 Å². The van der Waals surface area contributed by atoms with E-state index < -0.39 is 0 Å². The summed E-state index contributed by atoms with van der Waals surface area (Å²) in [6, 6.07) is 2.16. The number of nitriles is 1. The number of hydrogen-bond acceptors (Lipinski definition) is 5. The van der Waals surface area contributed by atoms with Gasteiger partial charge in [0.1, 0.15) is 5.82 Å². The van der Waals surface area contributed by atoms with Gasteiger partial charge in [-0.15, -0.1) is 10.2 Å². The Bertz CT molecular complexity index is 354. The monoisotopic (exact) mass is 225 g/mol. The van der Waals surface area contributed by atoms with Gasteiger partial charge in [0.15, 0.2) is 5.16 Å². The van der Waals surface area contributed by atoms with Gasteiger partial charge < -0.3 is 10.3 Å². The molecule has 0 aliphatic heterocycles. The van der Waals surface area contributed by atoms with E-state index in [-0.39, 0.29) is 5.25 Å². The first-order valence-corrected chi connectivity index (χ1v) is 5.79. The smallest absolute Gasteiger partial charge is 0.192 e. The molecule has 15 heavy (non-hydrogen) atoms. The average molecular weight is 225 g/mol. The van der Waals surface area contributed by atoms with E-state index >= 15 is 0 Å². The lowest BCUT2D eigenvalue weighted by atomic mass is 10.4. The fraction of sp³-hybridized carbons (Fsp3) is 0.667. The predicted octanol–water partition coefficient (Wildman–Crippen LogP) is 1.15. The van der Waals surface area contributed by atoms with Crippen molar-refractivity contribution in [3.8, 4) is 6.07 Å². The molecule has 0 aliphatic carbocycles. The van der Waals surface area contributed by atoms with Gasteiger partial charge in [0, 0.05) is 6.54 Å². The van der Waals surface area contributed by atoms with Crippen LogP contribution in [0.4, 0.5) is 0 Å². The molecule has 0 spiro atoms. The summed E-state index contributed by atoms with van der Waals surface area (Å²) in [5, 5.41) is 17.4. The molecule has 1 atom stereocenters. The number of nitrogens with zero attached hydrogens (tertiary/aromatic N) is 4. The van der Waals surface area contributed by atoms with Crippen molar-refractivity contribution in [1.29, 1.82) is 5.26 Å². The van der Waals surface area contributed by atoms with Crippen molar-refractivity contribution in [2.24, 2.45) is 5.73 Å². The first kappa shape index (κ1) is 12.0. The minimum atomic E-state index is -0.115. The van der Waals surface area contributed by atoms with Crippen molar-refractivity contribution in [3.05, 3.63) is 5.82 Å². The first-order chi connectivity index (χ1) is 7.22. The lowest BCUT2D eigenvalue weighted by molar-refractivity contribution is 0.592. The molecule has 0 amide bonds. The van der Waals surface area contributed by atoms with Gasteiger partial charge in [0.05, 0.1) is 17.9 Å². The highest BCUT2D eigenvalue weighted by atomic mass is 32.2. The molecule has 1 heterocycles. The molecule has 6 heteroatoms. The third-order valence-electron chi connectivity index (χ3n) is 1.89. The molecular formula is C9H15N5S. The Balaban J connectivity index is 2.87. The molecule has 0 aromatic carbocycles. The average Bonchev–Trinajstić information content (AvgIpc) is 2.61. The highest BCUT2D eigenvalue weighted by Crippen LogP contribution is 2.21. The van der Waals surface area contributed by atoms with Crippen molar-refractivity contribution in [1.82, 2.24) is 14.8 Å². The number of rotatable bonds is 5. The summed E-state index contributed by atoms with van der Waals surface area (Å²) < 4.78 is 1.98. The van der Waals surface area contributed by atoms with Crippen LogP contribution in [-0.2, 0) is 13.1 Å². The van der Waals surface area contributed by atoms with Crippen molar-refractivity contribution >= 4 is 11.8 Å². The van der Waals surface area contributed by atoms with Crippen LogP contribution >= 0.6 is 11.8 Å². The summed E-state index contributed by atoms with van der Waals surface area (Å²) in [7, 11) is 0. The normalized spacial score (nSPS) is 12.4. The summed E-state index contributed by atoms with van der Waals surface area (Å²) in [4.78, 5) is 0. The molecule has 0 radical (unpaired) electrons. The Hall–Kier alpha value is -1.06. The maximum atomic E-state index is 8.73. The van der Waals surface area contributed by atoms with Gasteiger partial charge in [-0.3, -0.25) is 0 Å². The minimum Gasteiger partial charge on any atom is -0.324 e. The fourth-order valence-electron chi connectivity index (χ4n) is 1.19. The van der Waals surface area contributed by atoms with Gasteiger partial charge in [0.25, 0.3) is 0 Å². The third kappa shape index (κ3) is 2.94. The highest BCUT2D eigenvalue weighted by molar-refractivity contribution is 8.00. The van der Waals surface area contributed by atoms with E-state index in [9.17, 15) is 0 Å². The van der Waals surface area contributed by atoms with Crippen LogP contribution in [-0.4, -0.2) is 20.0 Å². The van der Waals surface area contributed by atoms with Crippen molar-refractivity contribution in [2.75, 3.05) is 0 Å². The molecule has 0 saturated heterocycles. The third-order valence-corrected chi connectivity index (χ3v) is 2.86. The quantitative estimate of drug-likeness (QED) is 0.760. The SMILES string of the molecule is CCCn1c(CN)nnc1SC(C)C#N. The van der Waals surface area contributed by atoms with Gasteiger partial charge in [0.2, 0.25) is 0 Å². The molecule has 0 saturated carbocycles. The van der Waals surface area contributed by atoms with Crippen LogP contribution in [0.15, 0.2) is 5.16 Å². The summed E-state index contributed by atoms with van der Waals surface area (Å²) in [5.41, 5.74) is 5.56. The summed E-state index contributed by atoms with van der Waals surface area (Å²) >= 11 is 1.42. The van der Waals surface area contributed by atoms with Gasteiger partial charge in [-0.05, 0) is 13.3 Å². The lowest BCUT2D eigenvalue weighted by Gasteiger charge is -2.07. The molecule has 1 rings (SSSR count). The van der Waals surface area contributed by atoms with Gasteiger partial charge in [-0.1, -0.05) is 18.7 Å². The van der Waals surface area contributed by atoms with Crippen LogP contribution in [0.1, 0.15) is 26.1 Å². The van der Waals surface area contributed by atoms with Gasteiger partial charge in [-0.25, -0.2) is 0 Å². The van der Waals surface area contributed by atoms with Gasteiger partial charge in [-0.2, -0.15) is 5.26 Å². The van der Waals surface area contributed by atoms with Crippen LogP contribution in [0.3, 0.4) is 0 Å². The lowest BCUT2D eigenvalue weighted by Crippen LogP contribution is -2.09. The zero-order valence-electron chi connectivity index (χ0n) is 8.97. The van der Waals surface area contributed by atoms with Crippen LogP contribution < -0.4 is 5.73 Å². The molecule has 1 unspecified atom stereocenters. The molecule has 1 aromatic rings. The molecule has 5 nitrogen and oxygen atoms in total. The number of hydrogen-bond donors (Lipinski definition) is 1. The topological polar surface area (TPSA) is 80.5 Å². The van der Waals surface area contributed by atoms with Gasteiger partial charge >= 0.3 is 0 Å². The molecule has 1 aromatic heterocycles. The summed E-state index contributed by atoms with van der Waals surface area (Å²) in [6.45, 7) is 5.16. The van der Waals surface area contributed by atoms with Crippen LogP contribution in [0.5, 0.6) is 0 Å². The number of thioether (sulfide) groups is 1. The van der Waals surface area contributed by atoms with E-state index in [0.29, 0.717) is 6.54 Å². The van der Waals surface area contributed by atoms with E-state index in [4.69, 9.17) is 11.0 Å². The molecule has 2 N–H and O–H groups in total. The second kappa shape index (κ2) is 5.73. The molecule has 0 fully saturated rings. The predicted molar refractivity (Wildman–Crippen MR) is 59.1 cm³/mol. The second-order valence-corrected chi connectivity index (χ2v) is 4.45. The summed E-state index contributed by atoms with van der Waals surface area (Å²) in [6.07, 6.45) is 1.000. The zero-order chi connectivity index (χ0) is 11.3. The highest BCUT2D eigenvalue weighted by Gasteiger charge is 2.13. The molecule has 82 valence electrons. The standard InChI is InChI=1S/C9H15N5S/c1-3-4-14-8(6-11)12-13-9(14)15-7(2)5-10/h7H,3-4,6,11H2,1-2H3. The Morgan fingerprint density at radius 1 is 1.60 bits per heavy atom. The van der Waals surface area contributed by atoms with Crippen LogP contribution in [0.25, 0.3) is 0 Å². The van der Waals surface area contributed by atoms with Crippen molar-refractivity contribution in [2.45, 2.75) is 43.8 Å². The second-order valence-electron chi connectivity index (χ2n) is 3.14. The Kier molecular flexibility index (Phi) is 4.59. The van der Waals surface area contributed by atoms with Crippen molar-refractivity contribution in [3.63, 3.8) is 0 Å².